The van der Waals surface area contributed by atoms with Crippen LogP contribution in [0.5, 0.6) is 5.75 Å². The Morgan fingerprint density at radius 1 is 1.16 bits per heavy atom. The molecule has 0 radical (unpaired) electrons. The zero-order chi connectivity index (χ0) is 14.0. The molecule has 0 unspecified atom stereocenters. The second-order valence-electron chi connectivity index (χ2n) is 3.83. The lowest BCUT2D eigenvalue weighted by Gasteiger charge is -2.12. The number of halogens is 3. The average molecular weight is 362 g/mol. The summed E-state index contributed by atoms with van der Waals surface area (Å²) in [5.41, 5.74) is 7.95. The number of benzene rings is 2. The van der Waals surface area contributed by atoms with Crippen LogP contribution in [0, 0.1) is 0 Å². The largest absolute Gasteiger partial charge is 0.495 e. The van der Waals surface area contributed by atoms with Gasteiger partial charge in [0.05, 0.1) is 33.0 Å². The molecular formula is C13H11BrCl2N2O. The van der Waals surface area contributed by atoms with E-state index in [2.05, 4.69) is 21.2 Å². The van der Waals surface area contributed by atoms with Gasteiger partial charge in [0.25, 0.3) is 0 Å². The molecule has 19 heavy (non-hydrogen) atoms. The molecule has 0 atom stereocenters. The van der Waals surface area contributed by atoms with Crippen LogP contribution in [0.4, 0.5) is 17.1 Å². The van der Waals surface area contributed by atoms with Crippen LogP contribution < -0.4 is 15.8 Å². The first-order valence-corrected chi connectivity index (χ1v) is 6.91. The molecule has 2 rings (SSSR count). The Kier molecular flexibility index (Phi) is 4.45. The SMILES string of the molecule is COc1cc(Nc2cc(Cl)c(Cl)cc2N)ccc1Br. The fourth-order valence-corrected chi connectivity index (χ4v) is 2.31. The zero-order valence-corrected chi connectivity index (χ0v) is 13.1. The van der Waals surface area contributed by atoms with Crippen molar-refractivity contribution >= 4 is 56.2 Å². The van der Waals surface area contributed by atoms with Crippen LogP contribution in [0.15, 0.2) is 34.8 Å². The first-order valence-electron chi connectivity index (χ1n) is 5.36. The summed E-state index contributed by atoms with van der Waals surface area (Å²) in [4.78, 5) is 0. The predicted octanol–water partition coefficient (Wildman–Crippen LogP) is 5.09. The molecule has 3 nitrogen and oxygen atoms in total. The number of ether oxygens (including phenoxy) is 1. The number of hydrogen-bond acceptors (Lipinski definition) is 3. The van der Waals surface area contributed by atoms with Gasteiger partial charge in [-0.25, -0.2) is 0 Å². The third kappa shape index (κ3) is 3.26. The van der Waals surface area contributed by atoms with E-state index in [9.17, 15) is 0 Å². The van der Waals surface area contributed by atoms with Gasteiger partial charge in [0, 0.05) is 11.8 Å². The Morgan fingerprint density at radius 3 is 2.53 bits per heavy atom. The Bertz CT molecular complexity index is 620. The molecule has 3 N–H and O–H groups in total. The summed E-state index contributed by atoms with van der Waals surface area (Å²) < 4.78 is 6.11. The maximum atomic E-state index is 5.98. The lowest BCUT2D eigenvalue weighted by Crippen LogP contribution is -1.97. The molecule has 100 valence electrons. The molecular weight excluding hydrogens is 351 g/mol. The van der Waals surface area contributed by atoms with Crippen molar-refractivity contribution in [3.8, 4) is 5.75 Å². The van der Waals surface area contributed by atoms with Gasteiger partial charge in [0.1, 0.15) is 5.75 Å². The van der Waals surface area contributed by atoms with Gasteiger partial charge in [-0.1, -0.05) is 23.2 Å². The van der Waals surface area contributed by atoms with Gasteiger partial charge in [0.15, 0.2) is 0 Å². The van der Waals surface area contributed by atoms with Crippen molar-refractivity contribution in [2.24, 2.45) is 0 Å². The van der Waals surface area contributed by atoms with E-state index < -0.39 is 0 Å². The second-order valence-corrected chi connectivity index (χ2v) is 5.50. The number of nitrogens with two attached hydrogens (primary N) is 1. The predicted molar refractivity (Wildman–Crippen MR) is 84.9 cm³/mol. The molecule has 0 heterocycles. The van der Waals surface area contributed by atoms with Gasteiger partial charge in [-0.2, -0.15) is 0 Å². The molecule has 0 saturated carbocycles. The minimum Gasteiger partial charge on any atom is -0.495 e. The van der Waals surface area contributed by atoms with E-state index in [-0.39, 0.29) is 0 Å². The Labute approximate surface area is 129 Å². The van der Waals surface area contributed by atoms with Crippen molar-refractivity contribution in [1.82, 2.24) is 0 Å². The van der Waals surface area contributed by atoms with Crippen molar-refractivity contribution < 1.29 is 4.74 Å². The van der Waals surface area contributed by atoms with E-state index in [0.29, 0.717) is 21.4 Å². The average Bonchev–Trinajstić information content (AvgIpc) is 2.38. The van der Waals surface area contributed by atoms with Crippen LogP contribution in [-0.4, -0.2) is 7.11 Å². The first kappa shape index (κ1) is 14.3. The van der Waals surface area contributed by atoms with Crippen LogP contribution in [0.1, 0.15) is 0 Å². The fourth-order valence-electron chi connectivity index (χ4n) is 1.56. The quantitative estimate of drug-likeness (QED) is 0.748. The van der Waals surface area contributed by atoms with Crippen molar-refractivity contribution in [2.75, 3.05) is 18.2 Å². The maximum absolute atomic E-state index is 5.98. The fraction of sp³-hybridized carbons (Fsp3) is 0.0769. The summed E-state index contributed by atoms with van der Waals surface area (Å²) in [6.45, 7) is 0. The van der Waals surface area contributed by atoms with Crippen LogP contribution >= 0.6 is 39.1 Å². The molecule has 0 saturated heterocycles. The summed E-state index contributed by atoms with van der Waals surface area (Å²) in [7, 11) is 1.61. The molecule has 0 aliphatic rings. The summed E-state index contributed by atoms with van der Waals surface area (Å²) in [5, 5.41) is 4.05. The van der Waals surface area contributed by atoms with Gasteiger partial charge in [-0.15, -0.1) is 0 Å². The molecule has 0 bridgehead atoms. The lowest BCUT2D eigenvalue weighted by atomic mass is 10.2. The highest BCUT2D eigenvalue weighted by Gasteiger charge is 2.07. The van der Waals surface area contributed by atoms with Crippen molar-refractivity contribution in [3.63, 3.8) is 0 Å². The monoisotopic (exact) mass is 360 g/mol. The van der Waals surface area contributed by atoms with Crippen LogP contribution in [0.2, 0.25) is 10.0 Å². The standard InChI is InChI=1S/C13H11BrCl2N2O/c1-19-13-4-7(2-3-8(13)14)18-12-6-10(16)9(15)5-11(12)17/h2-6,18H,17H2,1H3. The van der Waals surface area contributed by atoms with Gasteiger partial charge < -0.3 is 15.8 Å². The van der Waals surface area contributed by atoms with Crippen molar-refractivity contribution in [3.05, 3.63) is 44.8 Å². The number of anilines is 3. The smallest absolute Gasteiger partial charge is 0.135 e. The van der Waals surface area contributed by atoms with Gasteiger partial charge in [-0.3, -0.25) is 0 Å². The van der Waals surface area contributed by atoms with E-state index in [1.54, 1.807) is 19.2 Å². The number of hydrogen-bond donors (Lipinski definition) is 2. The molecule has 2 aromatic rings. The summed E-state index contributed by atoms with van der Waals surface area (Å²) in [6.07, 6.45) is 0. The Balaban J connectivity index is 2.33. The van der Waals surface area contributed by atoms with Crippen LogP contribution in [0.25, 0.3) is 0 Å². The van der Waals surface area contributed by atoms with Crippen LogP contribution in [0.3, 0.4) is 0 Å². The third-order valence-electron chi connectivity index (χ3n) is 2.52. The van der Waals surface area contributed by atoms with E-state index in [1.165, 1.54) is 0 Å². The highest BCUT2D eigenvalue weighted by atomic mass is 79.9. The molecule has 0 fully saturated rings. The summed E-state index contributed by atoms with van der Waals surface area (Å²) in [5.74, 6) is 0.726. The van der Waals surface area contributed by atoms with Gasteiger partial charge in [0.2, 0.25) is 0 Å². The van der Waals surface area contributed by atoms with E-state index in [4.69, 9.17) is 33.7 Å². The number of methoxy groups -OCH3 is 1. The molecule has 0 amide bonds. The third-order valence-corrected chi connectivity index (χ3v) is 3.90. The molecule has 0 aliphatic heterocycles. The minimum absolute atomic E-state index is 0.429. The summed E-state index contributed by atoms with van der Waals surface area (Å²) >= 11 is 15.3. The lowest BCUT2D eigenvalue weighted by molar-refractivity contribution is 0.412. The van der Waals surface area contributed by atoms with Gasteiger partial charge >= 0.3 is 0 Å². The van der Waals surface area contributed by atoms with E-state index >= 15 is 0 Å². The highest BCUT2D eigenvalue weighted by Crippen LogP contribution is 2.34. The Morgan fingerprint density at radius 2 is 1.84 bits per heavy atom. The minimum atomic E-state index is 0.429. The highest BCUT2D eigenvalue weighted by molar-refractivity contribution is 9.10. The molecule has 0 aliphatic carbocycles. The van der Waals surface area contributed by atoms with Crippen LogP contribution in [-0.2, 0) is 0 Å². The van der Waals surface area contributed by atoms with Crippen molar-refractivity contribution in [2.45, 2.75) is 0 Å². The first-order chi connectivity index (χ1) is 9.01. The molecule has 2 aromatic carbocycles. The molecule has 6 heteroatoms. The topological polar surface area (TPSA) is 47.3 Å². The zero-order valence-electron chi connectivity index (χ0n) is 10.0. The number of nitrogens with one attached hydrogen (secondary N) is 1. The second kappa shape index (κ2) is 5.90. The van der Waals surface area contributed by atoms with E-state index in [0.717, 1.165) is 15.9 Å². The van der Waals surface area contributed by atoms with E-state index in [1.807, 2.05) is 18.2 Å². The maximum Gasteiger partial charge on any atom is 0.135 e. The van der Waals surface area contributed by atoms with Gasteiger partial charge in [-0.05, 0) is 40.2 Å². The summed E-state index contributed by atoms with van der Waals surface area (Å²) in [6, 6.07) is 8.94. The number of rotatable bonds is 3. The molecule has 0 spiro atoms. The Hall–Kier alpha value is -1.10. The normalized spacial score (nSPS) is 10.3. The number of nitrogen functional groups attached to an aromatic ring is 1. The molecule has 0 aromatic heterocycles. The van der Waals surface area contributed by atoms with Crippen molar-refractivity contribution in [1.29, 1.82) is 0 Å².